The average molecular weight is 624 g/mol. The molecule has 1 aliphatic rings. The summed E-state index contributed by atoms with van der Waals surface area (Å²) >= 11 is 21.3. The molecule has 3 aromatic rings. The molecule has 3 aromatic carbocycles. The summed E-state index contributed by atoms with van der Waals surface area (Å²) in [6.07, 6.45) is 1.24. The molecule has 1 aliphatic heterocycles. The highest BCUT2D eigenvalue weighted by molar-refractivity contribution is 9.10. The molecule has 12 heteroatoms. The van der Waals surface area contributed by atoms with Crippen molar-refractivity contribution in [3.05, 3.63) is 91.3 Å². The zero-order chi connectivity index (χ0) is 26.7. The molecular formula is C25H15BrCl3N3O5. The van der Waals surface area contributed by atoms with E-state index in [0.717, 1.165) is 9.37 Å². The second-order valence-corrected chi connectivity index (χ2v) is 9.75. The number of ether oxygens (including phenoxy) is 1. The van der Waals surface area contributed by atoms with Gasteiger partial charge in [-0.05, 0) is 66.7 Å². The van der Waals surface area contributed by atoms with E-state index in [1.165, 1.54) is 30.3 Å². The number of hydrogen-bond donors (Lipinski definition) is 2. The Morgan fingerprint density at radius 3 is 2.41 bits per heavy atom. The van der Waals surface area contributed by atoms with Crippen LogP contribution in [0.1, 0.15) is 5.56 Å². The van der Waals surface area contributed by atoms with Crippen molar-refractivity contribution in [3.8, 4) is 5.75 Å². The van der Waals surface area contributed by atoms with Crippen molar-refractivity contribution in [2.45, 2.75) is 0 Å². The summed E-state index contributed by atoms with van der Waals surface area (Å²) in [5.41, 5.74) is 0.614. The summed E-state index contributed by atoms with van der Waals surface area (Å²) in [7, 11) is 0. The number of nitrogens with one attached hydrogen (secondary N) is 2. The Hall–Kier alpha value is -3.37. The number of halogens is 4. The lowest BCUT2D eigenvalue weighted by atomic mass is 10.1. The number of hydrogen-bond acceptors (Lipinski definition) is 5. The van der Waals surface area contributed by atoms with Crippen LogP contribution in [0, 0.1) is 0 Å². The maximum Gasteiger partial charge on any atom is 0.335 e. The maximum absolute atomic E-state index is 13.2. The van der Waals surface area contributed by atoms with Crippen LogP contribution in [0.4, 0.5) is 16.2 Å². The van der Waals surface area contributed by atoms with E-state index in [1.807, 2.05) is 0 Å². The number of nitrogens with zero attached hydrogens (tertiary/aromatic N) is 1. The van der Waals surface area contributed by atoms with Crippen LogP contribution in [-0.4, -0.2) is 30.4 Å². The third-order valence-corrected chi connectivity index (χ3v) is 6.52. The Kier molecular flexibility index (Phi) is 8.19. The van der Waals surface area contributed by atoms with E-state index in [2.05, 4.69) is 26.6 Å². The minimum Gasteiger partial charge on any atom is -0.483 e. The first kappa shape index (κ1) is 26.7. The van der Waals surface area contributed by atoms with Gasteiger partial charge in [-0.3, -0.25) is 19.7 Å². The van der Waals surface area contributed by atoms with Crippen LogP contribution in [0.15, 0.2) is 70.7 Å². The van der Waals surface area contributed by atoms with Gasteiger partial charge in [0, 0.05) is 20.7 Å². The number of carbonyl (C=O) groups excluding carboxylic acids is 4. The molecule has 37 heavy (non-hydrogen) atoms. The van der Waals surface area contributed by atoms with E-state index in [9.17, 15) is 19.2 Å². The van der Waals surface area contributed by atoms with Crippen molar-refractivity contribution in [2.24, 2.45) is 0 Å². The van der Waals surface area contributed by atoms with Gasteiger partial charge in [0.05, 0.1) is 15.7 Å². The minimum absolute atomic E-state index is 0.175. The number of anilines is 2. The monoisotopic (exact) mass is 621 g/mol. The van der Waals surface area contributed by atoms with Crippen LogP contribution in [0.25, 0.3) is 6.08 Å². The van der Waals surface area contributed by atoms with E-state index < -0.39 is 30.4 Å². The van der Waals surface area contributed by atoms with Crippen molar-refractivity contribution in [1.82, 2.24) is 5.32 Å². The summed E-state index contributed by atoms with van der Waals surface area (Å²) < 4.78 is 6.38. The summed E-state index contributed by atoms with van der Waals surface area (Å²) in [5, 5.41) is 5.69. The van der Waals surface area contributed by atoms with Gasteiger partial charge in [0.1, 0.15) is 11.3 Å². The second-order valence-electron chi connectivity index (χ2n) is 7.58. The van der Waals surface area contributed by atoms with E-state index in [-0.39, 0.29) is 27.6 Å². The number of amides is 5. The molecule has 0 atom stereocenters. The Morgan fingerprint density at radius 2 is 1.70 bits per heavy atom. The van der Waals surface area contributed by atoms with Gasteiger partial charge in [0.2, 0.25) is 0 Å². The fraction of sp³-hybridized carbons (Fsp3) is 0.0400. The van der Waals surface area contributed by atoms with Gasteiger partial charge in [-0.25, -0.2) is 9.69 Å². The van der Waals surface area contributed by atoms with E-state index in [1.54, 1.807) is 36.4 Å². The number of carbonyl (C=O) groups is 4. The molecule has 0 spiro atoms. The van der Waals surface area contributed by atoms with Gasteiger partial charge >= 0.3 is 6.03 Å². The van der Waals surface area contributed by atoms with Crippen LogP contribution < -0.4 is 20.3 Å². The molecule has 0 unspecified atom stereocenters. The summed E-state index contributed by atoms with van der Waals surface area (Å²) in [6, 6.07) is 14.6. The second kappa shape index (κ2) is 11.4. The number of benzene rings is 3. The zero-order valence-corrected chi connectivity index (χ0v) is 22.4. The molecule has 1 fully saturated rings. The number of urea groups is 1. The number of imide groups is 2. The number of rotatable bonds is 6. The molecule has 0 bridgehead atoms. The molecule has 0 radical (unpaired) electrons. The van der Waals surface area contributed by atoms with Crippen molar-refractivity contribution in [1.29, 1.82) is 0 Å². The average Bonchev–Trinajstić information content (AvgIpc) is 2.84. The quantitative estimate of drug-likeness (QED) is 0.255. The first-order chi connectivity index (χ1) is 17.6. The van der Waals surface area contributed by atoms with Crippen LogP contribution in [0.2, 0.25) is 15.1 Å². The Balaban J connectivity index is 1.57. The molecular weight excluding hydrogens is 609 g/mol. The van der Waals surface area contributed by atoms with E-state index in [4.69, 9.17) is 39.5 Å². The molecule has 8 nitrogen and oxygen atoms in total. The fourth-order valence-electron chi connectivity index (χ4n) is 3.32. The normalized spacial score (nSPS) is 14.5. The standard InChI is InChI=1S/C25H15BrCl3N3O5/c26-14-1-5-17(6-2-14)32-24(35)18(23(34)31-25(32)36)10-13-9-15(27)3-8-21(13)37-12-22(33)30-16-4-7-19(28)20(29)11-16/h1-11H,12H2,(H,30,33)(H,31,34,36)/b18-10+. The summed E-state index contributed by atoms with van der Waals surface area (Å²) in [5.74, 6) is -2.04. The lowest BCUT2D eigenvalue weighted by Crippen LogP contribution is -2.54. The van der Waals surface area contributed by atoms with Gasteiger partial charge in [-0.15, -0.1) is 0 Å². The molecule has 0 aromatic heterocycles. The molecule has 5 amide bonds. The van der Waals surface area contributed by atoms with Gasteiger partial charge in [0.15, 0.2) is 6.61 Å². The molecule has 0 aliphatic carbocycles. The molecule has 4 rings (SSSR count). The maximum atomic E-state index is 13.2. The van der Waals surface area contributed by atoms with Crippen molar-refractivity contribution in [3.63, 3.8) is 0 Å². The fourth-order valence-corrected chi connectivity index (χ4v) is 4.06. The minimum atomic E-state index is -0.883. The molecule has 0 saturated carbocycles. The molecule has 1 heterocycles. The Bertz CT molecular complexity index is 1460. The van der Waals surface area contributed by atoms with Crippen molar-refractivity contribution >= 4 is 91.9 Å². The first-order valence-electron chi connectivity index (χ1n) is 10.5. The van der Waals surface area contributed by atoms with Crippen molar-refractivity contribution < 1.29 is 23.9 Å². The molecule has 2 N–H and O–H groups in total. The smallest absolute Gasteiger partial charge is 0.335 e. The van der Waals surface area contributed by atoms with Crippen LogP contribution in [0.3, 0.4) is 0 Å². The highest BCUT2D eigenvalue weighted by Crippen LogP contribution is 2.29. The highest BCUT2D eigenvalue weighted by atomic mass is 79.9. The summed E-state index contributed by atoms with van der Waals surface area (Å²) in [6.45, 7) is -0.401. The predicted octanol–water partition coefficient (Wildman–Crippen LogP) is 6.09. The third kappa shape index (κ3) is 6.31. The lowest BCUT2D eigenvalue weighted by Gasteiger charge is -2.26. The van der Waals surface area contributed by atoms with Crippen LogP contribution >= 0.6 is 50.7 Å². The van der Waals surface area contributed by atoms with Crippen LogP contribution in [0.5, 0.6) is 5.75 Å². The predicted molar refractivity (Wildman–Crippen MR) is 145 cm³/mol. The Morgan fingerprint density at radius 1 is 0.973 bits per heavy atom. The van der Waals surface area contributed by atoms with E-state index in [0.29, 0.717) is 15.7 Å². The van der Waals surface area contributed by atoms with Crippen molar-refractivity contribution in [2.75, 3.05) is 16.8 Å². The Labute approximate surface area is 234 Å². The van der Waals surface area contributed by atoms with E-state index >= 15 is 0 Å². The molecule has 1 saturated heterocycles. The first-order valence-corrected chi connectivity index (χ1v) is 12.4. The van der Waals surface area contributed by atoms with Gasteiger partial charge in [-0.2, -0.15) is 0 Å². The largest absolute Gasteiger partial charge is 0.483 e. The summed E-state index contributed by atoms with van der Waals surface area (Å²) in [4.78, 5) is 51.4. The highest BCUT2D eigenvalue weighted by Gasteiger charge is 2.37. The SMILES string of the molecule is O=C(COc1ccc(Cl)cc1/C=C1\C(=O)NC(=O)N(c2ccc(Br)cc2)C1=O)Nc1ccc(Cl)c(Cl)c1. The number of barbiturate groups is 1. The molecule has 188 valence electrons. The van der Waals surface area contributed by atoms with Crippen LogP contribution in [-0.2, 0) is 14.4 Å². The third-order valence-electron chi connectivity index (χ3n) is 5.02. The topological polar surface area (TPSA) is 105 Å². The zero-order valence-electron chi connectivity index (χ0n) is 18.6. The van der Waals surface area contributed by atoms with Gasteiger partial charge in [0.25, 0.3) is 17.7 Å². The van der Waals surface area contributed by atoms with Gasteiger partial charge in [-0.1, -0.05) is 50.7 Å². The lowest BCUT2D eigenvalue weighted by molar-refractivity contribution is -0.122. The van der Waals surface area contributed by atoms with Gasteiger partial charge < -0.3 is 10.1 Å².